The van der Waals surface area contributed by atoms with E-state index in [1.165, 1.54) is 24.3 Å². The van der Waals surface area contributed by atoms with E-state index in [-0.39, 0.29) is 12.4 Å². The Morgan fingerprint density at radius 1 is 0.952 bits per heavy atom. The van der Waals surface area contributed by atoms with Gasteiger partial charge in [-0.15, -0.1) is 24.8 Å². The van der Waals surface area contributed by atoms with Crippen LogP contribution in [-0.4, -0.2) is 6.36 Å². The smallest absolute Gasteiger partial charge is 0.489 e. The second kappa shape index (κ2) is 6.72. The van der Waals surface area contributed by atoms with Crippen molar-refractivity contribution in [3.8, 4) is 11.5 Å². The molecule has 21 heavy (non-hydrogen) atoms. The minimum absolute atomic E-state index is 0.236. The van der Waals surface area contributed by atoms with Crippen LogP contribution in [0.1, 0.15) is 11.1 Å². The molecule has 0 fully saturated rings. The minimum atomic E-state index is -4.68. The van der Waals surface area contributed by atoms with Crippen molar-refractivity contribution in [1.82, 2.24) is 0 Å². The lowest BCUT2D eigenvalue weighted by molar-refractivity contribution is -0.274. The standard InChI is InChI=1S/C15H12ClF3O2/c16-9-12-3-1-2-4-14(12)20-10-11-5-7-13(8-6-11)21-15(17,18)19/h1-8H,9-10H2. The van der Waals surface area contributed by atoms with Gasteiger partial charge in [-0.25, -0.2) is 0 Å². The summed E-state index contributed by atoms with van der Waals surface area (Å²) < 4.78 is 45.5. The van der Waals surface area contributed by atoms with E-state index in [0.717, 1.165) is 11.1 Å². The third-order valence-corrected chi connectivity index (χ3v) is 2.96. The van der Waals surface area contributed by atoms with E-state index in [1.807, 2.05) is 18.2 Å². The van der Waals surface area contributed by atoms with Crippen LogP contribution in [0.4, 0.5) is 13.2 Å². The van der Waals surface area contributed by atoms with Crippen molar-refractivity contribution in [2.75, 3.05) is 0 Å². The van der Waals surface area contributed by atoms with Crippen molar-refractivity contribution < 1.29 is 22.6 Å². The molecule has 2 nitrogen and oxygen atoms in total. The molecular formula is C15H12ClF3O2. The molecule has 0 aliphatic rings. The molecule has 0 saturated carbocycles. The molecule has 6 heteroatoms. The molecule has 0 heterocycles. The van der Waals surface area contributed by atoms with Crippen molar-refractivity contribution in [1.29, 1.82) is 0 Å². The third-order valence-electron chi connectivity index (χ3n) is 2.67. The average Bonchev–Trinajstić information content (AvgIpc) is 2.45. The molecular weight excluding hydrogens is 305 g/mol. The van der Waals surface area contributed by atoms with E-state index in [9.17, 15) is 13.2 Å². The molecule has 2 rings (SSSR count). The Morgan fingerprint density at radius 3 is 2.24 bits per heavy atom. The zero-order valence-electron chi connectivity index (χ0n) is 10.9. The fourth-order valence-electron chi connectivity index (χ4n) is 1.70. The van der Waals surface area contributed by atoms with Crippen LogP contribution in [0, 0.1) is 0 Å². The van der Waals surface area contributed by atoms with Gasteiger partial charge in [0.2, 0.25) is 0 Å². The summed E-state index contributed by atoms with van der Waals surface area (Å²) in [6.07, 6.45) is -4.68. The maximum absolute atomic E-state index is 12.0. The maximum atomic E-state index is 12.0. The van der Waals surface area contributed by atoms with Gasteiger partial charge in [0.15, 0.2) is 0 Å². The number of alkyl halides is 4. The number of benzene rings is 2. The molecule has 0 amide bonds. The van der Waals surface area contributed by atoms with Gasteiger partial charge in [-0.2, -0.15) is 0 Å². The van der Waals surface area contributed by atoms with E-state index in [4.69, 9.17) is 16.3 Å². The molecule has 112 valence electrons. The van der Waals surface area contributed by atoms with Crippen LogP contribution in [0.2, 0.25) is 0 Å². The normalized spacial score (nSPS) is 11.2. The molecule has 0 bridgehead atoms. The molecule has 2 aromatic rings. The lowest BCUT2D eigenvalue weighted by atomic mass is 10.2. The Bertz CT molecular complexity index is 582. The summed E-state index contributed by atoms with van der Waals surface area (Å²) >= 11 is 5.79. The molecule has 0 saturated heterocycles. The Balaban J connectivity index is 1.98. The highest BCUT2D eigenvalue weighted by atomic mass is 35.5. The van der Waals surface area contributed by atoms with Gasteiger partial charge in [0.1, 0.15) is 18.1 Å². The van der Waals surface area contributed by atoms with Crippen molar-refractivity contribution >= 4 is 11.6 Å². The summed E-state index contributed by atoms with van der Waals surface area (Å²) in [4.78, 5) is 0. The first-order valence-electron chi connectivity index (χ1n) is 6.09. The summed E-state index contributed by atoms with van der Waals surface area (Å²) in [6, 6.07) is 12.9. The van der Waals surface area contributed by atoms with Crippen LogP contribution in [0.15, 0.2) is 48.5 Å². The number of ether oxygens (including phenoxy) is 2. The summed E-state index contributed by atoms with van der Waals surface area (Å²) in [5.74, 6) is 0.727. The third kappa shape index (κ3) is 4.86. The molecule has 0 unspecified atom stereocenters. The fourth-order valence-corrected chi connectivity index (χ4v) is 1.92. The summed E-state index contributed by atoms with van der Waals surface area (Å²) in [5.41, 5.74) is 1.59. The molecule has 0 N–H and O–H groups in total. The molecule has 2 aromatic carbocycles. The predicted octanol–water partition coefficient (Wildman–Crippen LogP) is 4.90. The minimum Gasteiger partial charge on any atom is -0.489 e. The monoisotopic (exact) mass is 316 g/mol. The van der Waals surface area contributed by atoms with Gasteiger partial charge in [0, 0.05) is 5.56 Å². The van der Waals surface area contributed by atoms with Gasteiger partial charge >= 0.3 is 6.36 Å². The molecule has 0 atom stereocenters. The Kier molecular flexibility index (Phi) is 4.96. The summed E-state index contributed by atoms with van der Waals surface area (Å²) in [5, 5.41) is 0. The van der Waals surface area contributed by atoms with E-state index < -0.39 is 6.36 Å². The predicted molar refractivity (Wildman–Crippen MR) is 73.5 cm³/mol. The van der Waals surface area contributed by atoms with E-state index >= 15 is 0 Å². The average molecular weight is 317 g/mol. The van der Waals surface area contributed by atoms with E-state index in [2.05, 4.69) is 4.74 Å². The van der Waals surface area contributed by atoms with Gasteiger partial charge in [-0.1, -0.05) is 30.3 Å². The number of para-hydroxylation sites is 1. The number of hydrogen-bond donors (Lipinski definition) is 0. The Hall–Kier alpha value is -1.88. The van der Waals surface area contributed by atoms with Crippen molar-refractivity contribution in [2.45, 2.75) is 18.8 Å². The molecule has 0 spiro atoms. The quantitative estimate of drug-likeness (QED) is 0.730. The number of rotatable bonds is 5. The van der Waals surface area contributed by atoms with Crippen molar-refractivity contribution in [3.63, 3.8) is 0 Å². The molecule has 0 aliphatic carbocycles. The van der Waals surface area contributed by atoms with Crippen LogP contribution in [0.5, 0.6) is 11.5 Å². The maximum Gasteiger partial charge on any atom is 0.573 e. The summed E-state index contributed by atoms with van der Waals surface area (Å²) in [7, 11) is 0. The van der Waals surface area contributed by atoms with Crippen LogP contribution in [0.25, 0.3) is 0 Å². The molecule has 0 radical (unpaired) electrons. The van der Waals surface area contributed by atoms with Crippen molar-refractivity contribution in [3.05, 3.63) is 59.7 Å². The first-order valence-corrected chi connectivity index (χ1v) is 6.63. The lowest BCUT2D eigenvalue weighted by Gasteiger charge is -2.11. The lowest BCUT2D eigenvalue weighted by Crippen LogP contribution is -2.17. The highest BCUT2D eigenvalue weighted by Gasteiger charge is 2.30. The second-order valence-corrected chi connectivity index (χ2v) is 4.49. The van der Waals surface area contributed by atoms with Gasteiger partial charge < -0.3 is 9.47 Å². The van der Waals surface area contributed by atoms with Gasteiger partial charge in [-0.05, 0) is 23.8 Å². The fraction of sp³-hybridized carbons (Fsp3) is 0.200. The zero-order chi connectivity index (χ0) is 15.3. The second-order valence-electron chi connectivity index (χ2n) is 4.22. The van der Waals surface area contributed by atoms with Crippen molar-refractivity contribution in [2.24, 2.45) is 0 Å². The zero-order valence-corrected chi connectivity index (χ0v) is 11.6. The van der Waals surface area contributed by atoms with E-state index in [0.29, 0.717) is 11.6 Å². The Labute approximate surface area is 125 Å². The van der Waals surface area contributed by atoms with Gasteiger partial charge in [-0.3, -0.25) is 0 Å². The SMILES string of the molecule is FC(F)(F)Oc1ccc(COc2ccccc2CCl)cc1. The first-order chi connectivity index (χ1) is 9.98. The molecule has 0 aliphatic heterocycles. The van der Waals surface area contributed by atoms with Crippen LogP contribution in [0.3, 0.4) is 0 Å². The van der Waals surface area contributed by atoms with Crippen LogP contribution >= 0.6 is 11.6 Å². The van der Waals surface area contributed by atoms with Gasteiger partial charge in [0.05, 0.1) is 5.88 Å². The molecule has 0 aromatic heterocycles. The largest absolute Gasteiger partial charge is 0.573 e. The first kappa shape index (κ1) is 15.5. The van der Waals surface area contributed by atoms with Crippen LogP contribution in [-0.2, 0) is 12.5 Å². The summed E-state index contributed by atoms with van der Waals surface area (Å²) in [6.45, 7) is 0.236. The Morgan fingerprint density at radius 2 is 1.62 bits per heavy atom. The number of halogens is 4. The van der Waals surface area contributed by atoms with Gasteiger partial charge in [0.25, 0.3) is 0 Å². The number of hydrogen-bond acceptors (Lipinski definition) is 2. The van der Waals surface area contributed by atoms with Crippen LogP contribution < -0.4 is 9.47 Å². The van der Waals surface area contributed by atoms with E-state index in [1.54, 1.807) is 6.07 Å². The topological polar surface area (TPSA) is 18.5 Å². The highest BCUT2D eigenvalue weighted by Crippen LogP contribution is 2.24. The highest BCUT2D eigenvalue weighted by molar-refractivity contribution is 6.17.